The smallest absolute Gasteiger partial charge is 0.339 e. The van der Waals surface area contributed by atoms with Crippen molar-refractivity contribution < 1.29 is 23.8 Å². The van der Waals surface area contributed by atoms with Crippen LogP contribution < -0.4 is 14.8 Å². The number of methoxy groups -OCH3 is 2. The summed E-state index contributed by atoms with van der Waals surface area (Å²) in [4.78, 5) is 25.1. The summed E-state index contributed by atoms with van der Waals surface area (Å²) in [5, 5.41) is 3.05. The van der Waals surface area contributed by atoms with Crippen LogP contribution in [0.4, 0.5) is 5.69 Å². The van der Waals surface area contributed by atoms with Crippen LogP contribution in [0.15, 0.2) is 36.4 Å². The minimum Gasteiger partial charge on any atom is -0.493 e. The molecule has 7 heteroatoms. The predicted octanol–water partition coefficient (Wildman–Crippen LogP) is 5.05. The van der Waals surface area contributed by atoms with E-state index in [9.17, 15) is 9.59 Å². The molecule has 0 saturated heterocycles. The van der Waals surface area contributed by atoms with E-state index in [4.69, 9.17) is 25.8 Å². The highest BCUT2D eigenvalue weighted by molar-refractivity contribution is 6.32. The number of hydrogen-bond acceptors (Lipinski definition) is 5. The molecule has 0 aliphatic heterocycles. The molecule has 1 N–H and O–H groups in total. The summed E-state index contributed by atoms with van der Waals surface area (Å²) in [7, 11) is 2.89. The molecule has 156 valence electrons. The zero-order valence-electron chi connectivity index (χ0n) is 17.2. The monoisotopic (exact) mass is 419 g/mol. The van der Waals surface area contributed by atoms with Crippen LogP contribution in [0.5, 0.6) is 11.5 Å². The van der Waals surface area contributed by atoms with Gasteiger partial charge in [-0.25, -0.2) is 4.79 Å². The Kier molecular flexibility index (Phi) is 7.91. The van der Waals surface area contributed by atoms with Gasteiger partial charge in [-0.05, 0) is 43.0 Å². The number of hydrogen-bond donors (Lipinski definition) is 1. The minimum absolute atomic E-state index is 0.160. The van der Waals surface area contributed by atoms with E-state index in [1.54, 1.807) is 0 Å². The zero-order valence-corrected chi connectivity index (χ0v) is 18.0. The van der Waals surface area contributed by atoms with Gasteiger partial charge in [0.25, 0.3) is 5.91 Å². The summed E-state index contributed by atoms with van der Waals surface area (Å²) in [5.74, 6) is -0.200. The highest BCUT2D eigenvalue weighted by Gasteiger charge is 2.22. The van der Waals surface area contributed by atoms with Gasteiger partial charge in [0.1, 0.15) is 0 Å². The normalized spacial score (nSPS) is 12.6. The highest BCUT2D eigenvalue weighted by Crippen LogP contribution is 2.36. The van der Waals surface area contributed by atoms with Gasteiger partial charge in [0.15, 0.2) is 17.6 Å². The average molecular weight is 420 g/mol. The van der Waals surface area contributed by atoms with Crippen molar-refractivity contribution in [1.29, 1.82) is 0 Å². The minimum atomic E-state index is -1.00. The summed E-state index contributed by atoms with van der Waals surface area (Å²) >= 11 is 6.13. The number of benzene rings is 2. The molecule has 0 spiro atoms. The van der Waals surface area contributed by atoms with Crippen LogP contribution in [-0.4, -0.2) is 32.2 Å². The molecular formula is C22H26ClNO5. The van der Waals surface area contributed by atoms with Crippen LogP contribution in [0.3, 0.4) is 0 Å². The first-order valence-electron chi connectivity index (χ1n) is 9.34. The van der Waals surface area contributed by atoms with Crippen molar-refractivity contribution >= 4 is 29.2 Å². The second-order valence-electron chi connectivity index (χ2n) is 6.63. The van der Waals surface area contributed by atoms with Gasteiger partial charge in [0.2, 0.25) is 0 Å². The lowest BCUT2D eigenvalue weighted by atomic mass is 9.97. The van der Waals surface area contributed by atoms with Crippen molar-refractivity contribution in [2.75, 3.05) is 19.5 Å². The molecular weight excluding hydrogens is 394 g/mol. The molecule has 2 aromatic rings. The van der Waals surface area contributed by atoms with Crippen molar-refractivity contribution in [1.82, 2.24) is 0 Å². The maximum atomic E-state index is 12.6. The molecule has 0 fully saturated rings. The van der Waals surface area contributed by atoms with Crippen LogP contribution >= 0.6 is 11.6 Å². The van der Waals surface area contributed by atoms with Crippen LogP contribution in [0.1, 0.15) is 49.0 Å². The Morgan fingerprint density at radius 3 is 2.41 bits per heavy atom. The third kappa shape index (κ3) is 5.41. The van der Waals surface area contributed by atoms with E-state index < -0.39 is 18.0 Å². The Bertz CT molecular complexity index is 884. The largest absolute Gasteiger partial charge is 0.493 e. The molecule has 2 aromatic carbocycles. The lowest BCUT2D eigenvalue weighted by Crippen LogP contribution is -2.30. The number of amides is 1. The van der Waals surface area contributed by atoms with Crippen molar-refractivity contribution in [3.63, 3.8) is 0 Å². The molecule has 0 bridgehead atoms. The maximum Gasteiger partial charge on any atom is 0.339 e. The summed E-state index contributed by atoms with van der Waals surface area (Å²) < 4.78 is 15.7. The van der Waals surface area contributed by atoms with E-state index in [0.29, 0.717) is 23.1 Å². The highest BCUT2D eigenvalue weighted by atomic mass is 35.5. The number of esters is 1. The number of anilines is 1. The quantitative estimate of drug-likeness (QED) is 0.605. The van der Waals surface area contributed by atoms with Crippen molar-refractivity contribution in [2.45, 2.75) is 39.2 Å². The van der Waals surface area contributed by atoms with E-state index in [2.05, 4.69) is 19.2 Å². The lowest BCUT2D eigenvalue weighted by molar-refractivity contribution is -0.123. The molecule has 0 unspecified atom stereocenters. The van der Waals surface area contributed by atoms with E-state index in [1.807, 2.05) is 24.3 Å². The number of rotatable bonds is 8. The molecule has 0 radical (unpaired) electrons. The molecule has 0 heterocycles. The third-order valence-electron chi connectivity index (χ3n) is 4.68. The van der Waals surface area contributed by atoms with E-state index in [1.165, 1.54) is 33.3 Å². The van der Waals surface area contributed by atoms with Crippen molar-refractivity contribution in [3.05, 3.63) is 52.5 Å². The van der Waals surface area contributed by atoms with Crippen LogP contribution in [-0.2, 0) is 9.53 Å². The molecule has 29 heavy (non-hydrogen) atoms. The second kappa shape index (κ2) is 10.2. The van der Waals surface area contributed by atoms with Gasteiger partial charge in [-0.15, -0.1) is 0 Å². The summed E-state index contributed by atoms with van der Waals surface area (Å²) in [6, 6.07) is 10.5. The first-order chi connectivity index (χ1) is 13.8. The van der Waals surface area contributed by atoms with Gasteiger partial charge in [-0.1, -0.05) is 43.6 Å². The maximum absolute atomic E-state index is 12.6. The van der Waals surface area contributed by atoms with Crippen LogP contribution in [0.2, 0.25) is 5.02 Å². The van der Waals surface area contributed by atoms with E-state index in [-0.39, 0.29) is 10.6 Å². The molecule has 1 amide bonds. The molecule has 0 saturated carbocycles. The van der Waals surface area contributed by atoms with Gasteiger partial charge in [-0.2, -0.15) is 0 Å². The number of para-hydroxylation sites is 1. The average Bonchev–Trinajstić information content (AvgIpc) is 2.72. The number of nitrogens with one attached hydrogen (secondary N) is 1. The van der Waals surface area contributed by atoms with Crippen molar-refractivity contribution in [2.24, 2.45) is 0 Å². The van der Waals surface area contributed by atoms with Gasteiger partial charge in [-0.3, -0.25) is 4.79 Å². The van der Waals surface area contributed by atoms with Gasteiger partial charge < -0.3 is 19.5 Å². The predicted molar refractivity (Wildman–Crippen MR) is 113 cm³/mol. The fraction of sp³-hybridized carbons (Fsp3) is 0.364. The Morgan fingerprint density at radius 1 is 1.10 bits per heavy atom. The molecule has 0 aliphatic carbocycles. The SMILES string of the molecule is CC[C@H](C)c1ccccc1NC(=O)[C@@H](C)OC(=O)c1cc(Cl)c(OC)c(OC)c1. The van der Waals surface area contributed by atoms with Gasteiger partial charge >= 0.3 is 5.97 Å². The topological polar surface area (TPSA) is 73.9 Å². The Morgan fingerprint density at radius 2 is 1.79 bits per heavy atom. The Balaban J connectivity index is 2.13. The third-order valence-corrected chi connectivity index (χ3v) is 4.97. The van der Waals surface area contributed by atoms with Crippen molar-refractivity contribution in [3.8, 4) is 11.5 Å². The van der Waals surface area contributed by atoms with Gasteiger partial charge in [0.05, 0.1) is 24.8 Å². The fourth-order valence-corrected chi connectivity index (χ4v) is 3.10. The van der Waals surface area contributed by atoms with Gasteiger partial charge in [0, 0.05) is 5.69 Å². The van der Waals surface area contributed by atoms with E-state index >= 15 is 0 Å². The second-order valence-corrected chi connectivity index (χ2v) is 7.03. The number of ether oxygens (including phenoxy) is 3. The molecule has 2 rings (SSSR count). The molecule has 2 atom stereocenters. The number of carbonyl (C=O) groups excluding carboxylic acids is 2. The molecule has 6 nitrogen and oxygen atoms in total. The summed E-state index contributed by atoms with van der Waals surface area (Å²) in [6.45, 7) is 5.69. The molecule has 0 aromatic heterocycles. The number of carbonyl (C=O) groups is 2. The lowest BCUT2D eigenvalue weighted by Gasteiger charge is -2.18. The number of halogens is 1. The summed E-state index contributed by atoms with van der Waals surface area (Å²) in [5.41, 5.74) is 1.91. The van der Waals surface area contributed by atoms with Crippen LogP contribution in [0, 0.1) is 0 Å². The van der Waals surface area contributed by atoms with E-state index in [0.717, 1.165) is 12.0 Å². The first kappa shape index (κ1) is 22.6. The van der Waals surface area contributed by atoms with Crippen LogP contribution in [0.25, 0.3) is 0 Å². The fourth-order valence-electron chi connectivity index (χ4n) is 2.81. The molecule has 0 aliphatic rings. The Hall–Kier alpha value is -2.73. The zero-order chi connectivity index (χ0) is 21.6. The standard InChI is InChI=1S/C22H26ClNO5/c1-6-13(2)16-9-7-8-10-18(16)24-21(25)14(3)29-22(26)15-11-17(23)20(28-5)19(12-15)27-4/h7-14H,6H2,1-5H3,(H,24,25)/t13-,14+/m0/s1. The first-order valence-corrected chi connectivity index (χ1v) is 9.72. The Labute approximate surface area is 176 Å². The summed E-state index contributed by atoms with van der Waals surface area (Å²) in [6.07, 6.45) is -0.0586.